The van der Waals surface area contributed by atoms with E-state index in [0.29, 0.717) is 49.6 Å². The van der Waals surface area contributed by atoms with Crippen molar-refractivity contribution in [3.05, 3.63) is 65.5 Å². The molecule has 0 spiro atoms. The van der Waals surface area contributed by atoms with Crippen LogP contribution in [-0.4, -0.2) is 79.3 Å². The van der Waals surface area contributed by atoms with Crippen LogP contribution in [0.5, 0.6) is 5.75 Å². The number of halogens is 1. The molecule has 0 bridgehead atoms. The van der Waals surface area contributed by atoms with Gasteiger partial charge in [-0.15, -0.1) is 0 Å². The number of esters is 1. The number of hydrogen-bond donors (Lipinski definition) is 1. The summed E-state index contributed by atoms with van der Waals surface area (Å²) in [4.78, 5) is 27.7. The molecule has 1 atom stereocenters. The fraction of sp³-hybridized carbons (Fsp3) is 0.364. The number of nitrogens with zero attached hydrogens (tertiary/aromatic N) is 2. The Bertz CT molecular complexity index is 849. The molecular formula is C22H25FN2O5. The van der Waals surface area contributed by atoms with Crippen LogP contribution >= 0.6 is 0 Å². The zero-order chi connectivity index (χ0) is 21.5. The summed E-state index contributed by atoms with van der Waals surface area (Å²) in [7, 11) is 1.32. The maximum Gasteiger partial charge on any atom is 0.337 e. The van der Waals surface area contributed by atoms with Gasteiger partial charge in [0.15, 0.2) is 0 Å². The van der Waals surface area contributed by atoms with Crippen molar-refractivity contribution in [2.45, 2.75) is 6.10 Å². The molecule has 1 N–H and O–H groups in total. The topological polar surface area (TPSA) is 79.3 Å². The van der Waals surface area contributed by atoms with Gasteiger partial charge in [0.25, 0.3) is 5.91 Å². The molecule has 7 nitrogen and oxygen atoms in total. The van der Waals surface area contributed by atoms with Crippen LogP contribution in [-0.2, 0) is 4.74 Å². The van der Waals surface area contributed by atoms with Crippen molar-refractivity contribution in [2.75, 3.05) is 46.4 Å². The largest absolute Gasteiger partial charge is 0.491 e. The van der Waals surface area contributed by atoms with E-state index < -0.39 is 12.1 Å². The predicted molar refractivity (Wildman–Crippen MR) is 108 cm³/mol. The molecule has 0 aliphatic carbocycles. The summed E-state index contributed by atoms with van der Waals surface area (Å²) in [6.07, 6.45) is -0.690. The van der Waals surface area contributed by atoms with E-state index in [1.807, 2.05) is 0 Å². The molecule has 2 aromatic carbocycles. The Morgan fingerprint density at radius 2 is 1.60 bits per heavy atom. The molecule has 8 heteroatoms. The van der Waals surface area contributed by atoms with Gasteiger partial charge in [-0.3, -0.25) is 9.69 Å². The van der Waals surface area contributed by atoms with Gasteiger partial charge in [-0.2, -0.15) is 0 Å². The number of aliphatic hydroxyl groups is 1. The molecule has 0 saturated carbocycles. The Morgan fingerprint density at radius 3 is 2.20 bits per heavy atom. The number of aliphatic hydroxyl groups excluding tert-OH is 1. The highest BCUT2D eigenvalue weighted by Gasteiger charge is 2.23. The maximum atomic E-state index is 13.0. The Balaban J connectivity index is 1.40. The molecule has 30 heavy (non-hydrogen) atoms. The van der Waals surface area contributed by atoms with Crippen molar-refractivity contribution < 1.29 is 28.6 Å². The highest BCUT2D eigenvalue weighted by Crippen LogP contribution is 2.14. The van der Waals surface area contributed by atoms with E-state index in [9.17, 15) is 19.1 Å². The number of amides is 1. The standard InChI is InChI=1S/C22H25FN2O5/c1-29-22(28)17-4-8-20(9-5-17)30-15-19(26)14-24-10-12-25(13-11-24)21(27)16-2-6-18(23)7-3-16/h2-9,19,26H,10-15H2,1H3. The molecule has 2 aromatic rings. The van der Waals surface area contributed by atoms with Gasteiger partial charge in [-0.05, 0) is 48.5 Å². The van der Waals surface area contributed by atoms with Crippen molar-refractivity contribution in [2.24, 2.45) is 0 Å². The van der Waals surface area contributed by atoms with Crippen LogP contribution < -0.4 is 4.74 Å². The fourth-order valence-corrected chi connectivity index (χ4v) is 3.26. The third kappa shape index (κ3) is 5.77. The number of methoxy groups -OCH3 is 1. The number of ether oxygens (including phenoxy) is 2. The molecule has 1 unspecified atom stereocenters. The van der Waals surface area contributed by atoms with Crippen LogP contribution in [0.25, 0.3) is 0 Å². The van der Waals surface area contributed by atoms with Gasteiger partial charge >= 0.3 is 5.97 Å². The van der Waals surface area contributed by atoms with Crippen LogP contribution in [0.3, 0.4) is 0 Å². The van der Waals surface area contributed by atoms with Gasteiger partial charge < -0.3 is 19.5 Å². The first kappa shape index (κ1) is 21.7. The van der Waals surface area contributed by atoms with E-state index in [0.717, 1.165) is 0 Å². The molecule has 3 rings (SSSR count). The van der Waals surface area contributed by atoms with Crippen LogP contribution in [0.4, 0.5) is 4.39 Å². The second-order valence-corrected chi connectivity index (χ2v) is 7.08. The lowest BCUT2D eigenvalue weighted by Crippen LogP contribution is -2.50. The van der Waals surface area contributed by atoms with E-state index in [2.05, 4.69) is 9.64 Å². The highest BCUT2D eigenvalue weighted by atomic mass is 19.1. The molecule has 0 aromatic heterocycles. The average Bonchev–Trinajstić information content (AvgIpc) is 2.78. The molecular weight excluding hydrogens is 391 g/mol. The average molecular weight is 416 g/mol. The highest BCUT2D eigenvalue weighted by molar-refractivity contribution is 5.94. The minimum absolute atomic E-state index is 0.117. The monoisotopic (exact) mass is 416 g/mol. The lowest BCUT2D eigenvalue weighted by atomic mass is 10.1. The number of carbonyl (C=O) groups excluding carboxylic acids is 2. The number of piperazine rings is 1. The van der Waals surface area contributed by atoms with Crippen molar-refractivity contribution in [3.63, 3.8) is 0 Å². The molecule has 1 heterocycles. The third-order valence-corrected chi connectivity index (χ3v) is 4.94. The minimum atomic E-state index is -0.690. The number of β-amino-alcohol motifs (C(OH)–C–C–N with tert-alkyl or cyclic N) is 1. The van der Waals surface area contributed by atoms with Crippen LogP contribution in [0.2, 0.25) is 0 Å². The second-order valence-electron chi connectivity index (χ2n) is 7.08. The van der Waals surface area contributed by atoms with Crippen molar-refractivity contribution in [1.82, 2.24) is 9.80 Å². The smallest absolute Gasteiger partial charge is 0.337 e. The first-order valence-corrected chi connectivity index (χ1v) is 9.72. The zero-order valence-corrected chi connectivity index (χ0v) is 16.8. The van der Waals surface area contributed by atoms with E-state index in [1.165, 1.54) is 31.4 Å². The molecule has 1 saturated heterocycles. The Hall–Kier alpha value is -2.97. The van der Waals surface area contributed by atoms with Crippen molar-refractivity contribution in [1.29, 1.82) is 0 Å². The SMILES string of the molecule is COC(=O)c1ccc(OCC(O)CN2CCN(C(=O)c3ccc(F)cc3)CC2)cc1. The third-order valence-electron chi connectivity index (χ3n) is 4.94. The summed E-state index contributed by atoms with van der Waals surface area (Å²) >= 11 is 0. The lowest BCUT2D eigenvalue weighted by Gasteiger charge is -2.35. The number of hydrogen-bond acceptors (Lipinski definition) is 6. The number of benzene rings is 2. The Kier molecular flexibility index (Phi) is 7.37. The van der Waals surface area contributed by atoms with E-state index in [1.54, 1.807) is 29.2 Å². The van der Waals surface area contributed by atoms with Gasteiger partial charge in [0.05, 0.1) is 12.7 Å². The first-order chi connectivity index (χ1) is 14.5. The summed E-state index contributed by atoms with van der Waals surface area (Å²) in [6.45, 7) is 2.90. The number of carbonyl (C=O) groups is 2. The summed E-state index contributed by atoms with van der Waals surface area (Å²) in [5.74, 6) is -0.351. The van der Waals surface area contributed by atoms with Crippen molar-refractivity contribution >= 4 is 11.9 Å². The van der Waals surface area contributed by atoms with Crippen molar-refractivity contribution in [3.8, 4) is 5.75 Å². The van der Waals surface area contributed by atoms with E-state index in [-0.39, 0.29) is 18.3 Å². The predicted octanol–water partition coefficient (Wildman–Crippen LogP) is 1.81. The fourth-order valence-electron chi connectivity index (χ4n) is 3.26. The van der Waals surface area contributed by atoms with Crippen LogP contribution in [0, 0.1) is 5.82 Å². The summed E-state index contributed by atoms with van der Waals surface area (Å²) < 4.78 is 23.2. The van der Waals surface area contributed by atoms with Gasteiger partial charge in [0.2, 0.25) is 0 Å². The quantitative estimate of drug-likeness (QED) is 0.694. The zero-order valence-electron chi connectivity index (χ0n) is 16.8. The molecule has 160 valence electrons. The first-order valence-electron chi connectivity index (χ1n) is 9.72. The lowest BCUT2D eigenvalue weighted by molar-refractivity contribution is 0.0403. The van der Waals surface area contributed by atoms with Crippen LogP contribution in [0.1, 0.15) is 20.7 Å². The Morgan fingerprint density at radius 1 is 1.00 bits per heavy atom. The van der Waals surface area contributed by atoms with Crippen LogP contribution in [0.15, 0.2) is 48.5 Å². The molecule has 1 aliphatic heterocycles. The molecule has 1 aliphatic rings. The van der Waals surface area contributed by atoms with Gasteiger partial charge in [-0.25, -0.2) is 9.18 Å². The maximum absolute atomic E-state index is 13.0. The van der Waals surface area contributed by atoms with Gasteiger partial charge in [-0.1, -0.05) is 0 Å². The summed E-state index contributed by atoms with van der Waals surface area (Å²) in [5.41, 5.74) is 0.898. The van der Waals surface area contributed by atoms with Gasteiger partial charge in [0.1, 0.15) is 24.3 Å². The molecule has 0 radical (unpaired) electrons. The molecule has 1 amide bonds. The Labute approximate surface area is 174 Å². The summed E-state index contributed by atoms with van der Waals surface area (Å²) in [6, 6.07) is 12.0. The number of rotatable bonds is 7. The van der Waals surface area contributed by atoms with Gasteiger partial charge in [0, 0.05) is 38.3 Å². The van der Waals surface area contributed by atoms with E-state index >= 15 is 0 Å². The molecule has 1 fully saturated rings. The van der Waals surface area contributed by atoms with E-state index in [4.69, 9.17) is 4.74 Å². The second kappa shape index (κ2) is 10.2. The minimum Gasteiger partial charge on any atom is -0.491 e. The normalized spacial score (nSPS) is 15.5. The summed E-state index contributed by atoms with van der Waals surface area (Å²) in [5, 5.41) is 10.3.